The van der Waals surface area contributed by atoms with Gasteiger partial charge in [0.25, 0.3) is 0 Å². The Hall–Kier alpha value is -4.98. The zero-order valence-electron chi connectivity index (χ0n) is 21.8. The number of hydrogen-bond donors (Lipinski definition) is 4. The third-order valence-corrected chi connectivity index (χ3v) is 6.02. The molecule has 0 amide bonds. The van der Waals surface area contributed by atoms with Gasteiger partial charge in [-0.25, -0.2) is 19.6 Å². The molecular formula is C26H21F6N5O5S. The number of carboxylic acids is 2. The molecule has 4 rings (SSSR count). The zero-order valence-corrected chi connectivity index (χ0v) is 22.6. The molecule has 3 aromatic rings. The molecule has 10 nitrogen and oxygen atoms in total. The Morgan fingerprint density at radius 3 is 2.09 bits per heavy atom. The SMILES string of the molecule is COc1ccc(CCNc2nccc(/C(C#N)=C3\Nc4ccccc4S3)n2)cc1.O=C(O)C(F)(F)F.O=C(O)C(F)(F)F. The molecule has 0 spiro atoms. The Labute approximate surface area is 244 Å². The van der Waals surface area contributed by atoms with Crippen molar-refractivity contribution in [2.75, 3.05) is 24.3 Å². The Kier molecular flexibility index (Phi) is 12.2. The summed E-state index contributed by atoms with van der Waals surface area (Å²) in [4.78, 5) is 27.7. The van der Waals surface area contributed by atoms with Gasteiger partial charge in [0.1, 0.15) is 17.4 Å². The minimum Gasteiger partial charge on any atom is -0.497 e. The highest BCUT2D eigenvalue weighted by atomic mass is 32.2. The van der Waals surface area contributed by atoms with Gasteiger partial charge >= 0.3 is 24.3 Å². The number of methoxy groups -OCH3 is 1. The minimum atomic E-state index is -5.08. The van der Waals surface area contributed by atoms with Crippen molar-refractivity contribution in [1.82, 2.24) is 9.97 Å². The number of nitriles is 1. The first-order chi connectivity index (χ1) is 20.1. The van der Waals surface area contributed by atoms with Crippen LogP contribution in [0.25, 0.3) is 5.57 Å². The van der Waals surface area contributed by atoms with Gasteiger partial charge in [-0.05, 0) is 42.3 Å². The van der Waals surface area contributed by atoms with Gasteiger partial charge < -0.3 is 25.6 Å². The molecule has 1 aromatic heterocycles. The fourth-order valence-electron chi connectivity index (χ4n) is 2.95. The van der Waals surface area contributed by atoms with E-state index in [-0.39, 0.29) is 0 Å². The number of para-hydroxylation sites is 1. The van der Waals surface area contributed by atoms with Crippen LogP contribution in [0.15, 0.2) is 70.7 Å². The average molecular weight is 630 g/mol. The molecule has 0 saturated carbocycles. The second kappa shape index (κ2) is 15.3. The normalized spacial score (nSPS) is 13.0. The van der Waals surface area contributed by atoms with Gasteiger partial charge in [0.05, 0.1) is 23.5 Å². The summed E-state index contributed by atoms with van der Waals surface area (Å²) in [5.74, 6) is -4.17. The van der Waals surface area contributed by atoms with E-state index in [1.807, 2.05) is 48.5 Å². The van der Waals surface area contributed by atoms with E-state index in [4.69, 9.17) is 24.5 Å². The maximum Gasteiger partial charge on any atom is 0.490 e. The molecule has 0 atom stereocenters. The van der Waals surface area contributed by atoms with Crippen LogP contribution in [0.3, 0.4) is 0 Å². The van der Waals surface area contributed by atoms with E-state index in [1.165, 1.54) is 5.56 Å². The third-order valence-electron chi connectivity index (χ3n) is 4.94. The van der Waals surface area contributed by atoms with Crippen LogP contribution in [0.5, 0.6) is 5.75 Å². The lowest BCUT2D eigenvalue weighted by Crippen LogP contribution is -2.21. The number of fused-ring (bicyclic) bond motifs is 1. The summed E-state index contributed by atoms with van der Waals surface area (Å²) in [7, 11) is 1.66. The maximum absolute atomic E-state index is 10.6. The predicted octanol–water partition coefficient (Wildman–Crippen LogP) is 5.82. The van der Waals surface area contributed by atoms with E-state index in [0.717, 1.165) is 27.8 Å². The molecule has 0 saturated heterocycles. The van der Waals surface area contributed by atoms with Crippen molar-refractivity contribution in [3.8, 4) is 11.8 Å². The molecule has 17 heteroatoms. The lowest BCUT2D eigenvalue weighted by molar-refractivity contribution is -0.193. The van der Waals surface area contributed by atoms with Crippen LogP contribution >= 0.6 is 11.8 Å². The van der Waals surface area contributed by atoms with E-state index in [0.29, 0.717) is 23.8 Å². The van der Waals surface area contributed by atoms with Crippen molar-refractivity contribution in [1.29, 1.82) is 5.26 Å². The molecule has 0 radical (unpaired) electrons. The number of nitrogens with zero attached hydrogens (tertiary/aromatic N) is 3. The van der Waals surface area contributed by atoms with Gasteiger partial charge in [-0.2, -0.15) is 31.6 Å². The number of alkyl halides is 6. The Morgan fingerprint density at radius 1 is 1.00 bits per heavy atom. The highest BCUT2D eigenvalue weighted by Crippen LogP contribution is 2.43. The number of anilines is 2. The fourth-order valence-corrected chi connectivity index (χ4v) is 3.96. The van der Waals surface area contributed by atoms with Crippen LogP contribution in [-0.4, -0.2) is 58.1 Å². The Bertz CT molecular complexity index is 1440. The third kappa shape index (κ3) is 11.1. The van der Waals surface area contributed by atoms with Crippen molar-refractivity contribution in [3.05, 3.63) is 77.1 Å². The summed E-state index contributed by atoms with van der Waals surface area (Å²) in [6, 6.07) is 20.0. The van der Waals surface area contributed by atoms with E-state index < -0.39 is 24.3 Å². The first kappa shape index (κ1) is 34.2. The number of hydrogen-bond acceptors (Lipinski definition) is 9. The molecule has 1 aliphatic rings. The number of benzene rings is 2. The summed E-state index contributed by atoms with van der Waals surface area (Å²) < 4.78 is 68.7. The van der Waals surface area contributed by atoms with Crippen LogP contribution in [-0.2, 0) is 16.0 Å². The van der Waals surface area contributed by atoms with Crippen LogP contribution in [0.1, 0.15) is 11.3 Å². The standard InChI is InChI=1S/C22H19N5OS.2C2HF3O2/c1-28-16-8-6-15(7-9-16)10-12-24-22-25-13-11-18(27-22)17(14-23)21-26-19-4-2-3-5-20(19)29-21;2*3-2(4,5)1(6)7/h2-9,11,13,26H,10,12H2,1H3,(H,24,25,27);2*(H,6,7)/b21-17+;;. The van der Waals surface area contributed by atoms with Crippen LogP contribution in [0.2, 0.25) is 0 Å². The van der Waals surface area contributed by atoms with Crippen molar-refractivity contribution < 1.29 is 50.9 Å². The van der Waals surface area contributed by atoms with E-state index in [2.05, 4.69) is 26.7 Å². The van der Waals surface area contributed by atoms with Crippen molar-refractivity contribution in [2.45, 2.75) is 23.7 Å². The first-order valence-corrected chi connectivity index (χ1v) is 12.5. The van der Waals surface area contributed by atoms with Crippen molar-refractivity contribution >= 4 is 40.9 Å². The van der Waals surface area contributed by atoms with Crippen LogP contribution < -0.4 is 15.4 Å². The maximum atomic E-state index is 10.6. The molecule has 43 heavy (non-hydrogen) atoms. The number of ether oxygens (including phenoxy) is 1. The number of halogens is 6. The van der Waals surface area contributed by atoms with Gasteiger partial charge in [0, 0.05) is 17.6 Å². The second-order valence-corrected chi connectivity index (χ2v) is 8.99. The first-order valence-electron chi connectivity index (χ1n) is 11.6. The number of aromatic nitrogens is 2. The van der Waals surface area contributed by atoms with Crippen molar-refractivity contribution in [2.24, 2.45) is 0 Å². The fraction of sp³-hybridized carbons (Fsp3) is 0.192. The molecule has 2 aromatic carbocycles. The van der Waals surface area contributed by atoms with E-state index >= 15 is 0 Å². The molecular weight excluding hydrogens is 608 g/mol. The van der Waals surface area contributed by atoms with Crippen molar-refractivity contribution in [3.63, 3.8) is 0 Å². The van der Waals surface area contributed by atoms with Gasteiger partial charge in [-0.1, -0.05) is 36.0 Å². The quantitative estimate of drug-likeness (QED) is 0.193. The monoisotopic (exact) mass is 629 g/mol. The summed E-state index contributed by atoms with van der Waals surface area (Å²) >= 11 is 1.54. The number of aliphatic carboxylic acids is 2. The zero-order chi connectivity index (χ0) is 32.2. The molecule has 0 aliphatic carbocycles. The van der Waals surface area contributed by atoms with E-state index in [1.54, 1.807) is 31.1 Å². The molecule has 228 valence electrons. The smallest absolute Gasteiger partial charge is 0.490 e. The van der Waals surface area contributed by atoms with Gasteiger partial charge in [0.2, 0.25) is 5.95 Å². The van der Waals surface area contributed by atoms with Gasteiger partial charge in [0.15, 0.2) is 0 Å². The topological polar surface area (TPSA) is 157 Å². The number of carboxylic acid groups (broad SMARTS) is 2. The summed E-state index contributed by atoms with van der Waals surface area (Å²) in [5, 5.41) is 31.3. The predicted molar refractivity (Wildman–Crippen MR) is 143 cm³/mol. The Morgan fingerprint density at radius 2 is 1.58 bits per heavy atom. The van der Waals surface area contributed by atoms with Gasteiger partial charge in [-0.3, -0.25) is 0 Å². The van der Waals surface area contributed by atoms with Gasteiger partial charge in [-0.15, -0.1) is 0 Å². The lowest BCUT2D eigenvalue weighted by atomic mass is 10.1. The average Bonchev–Trinajstić information content (AvgIpc) is 3.37. The molecule has 2 heterocycles. The highest BCUT2D eigenvalue weighted by Gasteiger charge is 2.38. The molecule has 0 fully saturated rings. The number of rotatable bonds is 6. The second-order valence-electron chi connectivity index (χ2n) is 7.94. The number of carbonyl (C=O) groups is 2. The minimum absolute atomic E-state index is 0.505. The van der Waals surface area contributed by atoms with E-state index in [9.17, 15) is 31.6 Å². The summed E-state index contributed by atoms with van der Waals surface area (Å²) in [6.45, 7) is 0.687. The summed E-state index contributed by atoms with van der Waals surface area (Å²) in [5.41, 5.74) is 3.30. The van der Waals surface area contributed by atoms with Crippen LogP contribution in [0, 0.1) is 11.3 Å². The highest BCUT2D eigenvalue weighted by molar-refractivity contribution is 8.04. The molecule has 4 N–H and O–H groups in total. The Balaban J connectivity index is 0.000000384. The number of nitrogens with one attached hydrogen (secondary N) is 2. The lowest BCUT2D eigenvalue weighted by Gasteiger charge is -2.08. The molecule has 0 unspecified atom stereocenters. The largest absolute Gasteiger partial charge is 0.497 e. The number of allylic oxidation sites excluding steroid dienone is 1. The summed E-state index contributed by atoms with van der Waals surface area (Å²) in [6.07, 6.45) is -7.67. The van der Waals surface area contributed by atoms with Crippen LogP contribution in [0.4, 0.5) is 38.0 Å². The molecule has 1 aliphatic heterocycles. The molecule has 0 bridgehead atoms. The number of thioether (sulfide) groups is 1.